The number of nitrogens with zero attached hydrogens (tertiary/aromatic N) is 3. The molecule has 0 N–H and O–H groups in total. The minimum Gasteiger partial charge on any atom is -0.282 e. The Labute approximate surface area is 88.0 Å². The van der Waals surface area contributed by atoms with Crippen molar-refractivity contribution in [3.8, 4) is 0 Å². The summed E-state index contributed by atoms with van der Waals surface area (Å²) in [5.74, 6) is -0.782. The maximum absolute atomic E-state index is 11.6. The van der Waals surface area contributed by atoms with Gasteiger partial charge in [0.25, 0.3) is 0 Å². The van der Waals surface area contributed by atoms with Crippen molar-refractivity contribution in [3.63, 3.8) is 0 Å². The molecule has 2 heterocycles. The molecule has 2 rings (SSSR count). The molecule has 1 unspecified atom stereocenters. The van der Waals surface area contributed by atoms with E-state index in [0.29, 0.717) is 5.01 Å². The van der Waals surface area contributed by atoms with Gasteiger partial charge in [0.05, 0.1) is 5.57 Å². The molecule has 7 nitrogen and oxygen atoms in total. The number of hydrogen-bond donors (Lipinski definition) is 0. The Morgan fingerprint density at radius 2 is 2.27 bits per heavy atom. The summed E-state index contributed by atoms with van der Waals surface area (Å²) in [7, 11) is 0. The molecule has 0 fully saturated rings. The molecule has 2 aliphatic rings. The van der Waals surface area contributed by atoms with E-state index in [1.807, 2.05) is 0 Å². The molecule has 0 aromatic rings. The van der Waals surface area contributed by atoms with E-state index in [9.17, 15) is 19.7 Å². The fraction of sp³-hybridized carbons (Fsp3) is 0.286. The quantitative estimate of drug-likeness (QED) is 0.463. The normalized spacial score (nSPS) is 24.9. The Bertz CT molecular complexity index is 442. The first kappa shape index (κ1) is 9.84. The van der Waals surface area contributed by atoms with Crippen LogP contribution in [0, 0.1) is 10.1 Å². The smallest absolute Gasteiger partial charge is 0.282 e. The van der Waals surface area contributed by atoms with E-state index in [1.54, 1.807) is 0 Å². The van der Waals surface area contributed by atoms with Gasteiger partial charge in [0, 0.05) is 6.08 Å². The summed E-state index contributed by atoms with van der Waals surface area (Å²) in [4.78, 5) is 37.0. The second-order valence-electron chi connectivity index (χ2n) is 2.93. The van der Waals surface area contributed by atoms with Crippen LogP contribution in [0.3, 0.4) is 0 Å². The largest absolute Gasteiger partial charge is 0.319 e. The molecule has 2 aliphatic heterocycles. The predicted molar refractivity (Wildman–Crippen MR) is 51.4 cm³/mol. The van der Waals surface area contributed by atoms with Gasteiger partial charge in [-0.05, 0) is 23.7 Å². The van der Waals surface area contributed by atoms with Gasteiger partial charge in [-0.3, -0.25) is 9.59 Å². The third kappa shape index (κ3) is 1.42. The van der Waals surface area contributed by atoms with Crippen LogP contribution < -0.4 is 0 Å². The first-order valence-electron chi connectivity index (χ1n) is 4.00. The number of aliphatic imine (C=N–C) groups is 1. The summed E-state index contributed by atoms with van der Waals surface area (Å²) in [6, 6.07) is 0. The highest BCUT2D eigenvalue weighted by Crippen LogP contribution is 2.29. The van der Waals surface area contributed by atoms with E-state index in [4.69, 9.17) is 0 Å². The van der Waals surface area contributed by atoms with Crippen molar-refractivity contribution in [1.82, 2.24) is 5.01 Å². The fourth-order valence-electron chi connectivity index (χ4n) is 1.34. The number of hydrogen-bond acceptors (Lipinski definition) is 6. The summed E-state index contributed by atoms with van der Waals surface area (Å²) in [5.41, 5.74) is 0.0137. The van der Waals surface area contributed by atoms with Crippen LogP contribution in [0.2, 0.25) is 0 Å². The molecule has 1 amide bonds. The lowest BCUT2D eigenvalue weighted by molar-refractivity contribution is -0.641. The Kier molecular flexibility index (Phi) is 2.07. The molecule has 0 aromatic heterocycles. The minimum absolute atomic E-state index is 0.0137. The van der Waals surface area contributed by atoms with Crippen LogP contribution in [0.5, 0.6) is 0 Å². The van der Waals surface area contributed by atoms with Crippen molar-refractivity contribution in [2.45, 2.75) is 13.1 Å². The minimum atomic E-state index is -0.877. The summed E-state index contributed by atoms with van der Waals surface area (Å²) in [6.07, 6.45) is 0.201. The first-order chi connectivity index (χ1) is 7.00. The molecule has 1 atom stereocenters. The van der Waals surface area contributed by atoms with Crippen LogP contribution in [0.25, 0.3) is 0 Å². The number of fused-ring (bicyclic) bond motifs is 1. The zero-order valence-electron chi connectivity index (χ0n) is 7.54. The Morgan fingerprint density at radius 1 is 1.60 bits per heavy atom. The van der Waals surface area contributed by atoms with Crippen molar-refractivity contribution in [3.05, 3.63) is 21.8 Å². The van der Waals surface area contributed by atoms with Crippen molar-refractivity contribution in [2.75, 3.05) is 0 Å². The lowest BCUT2D eigenvalue weighted by Gasteiger charge is -2.21. The molecule has 0 aromatic carbocycles. The maximum atomic E-state index is 11.6. The average molecular weight is 227 g/mol. The van der Waals surface area contributed by atoms with E-state index in [-0.39, 0.29) is 15.7 Å². The molecule has 0 radical (unpaired) electrons. The molecular formula is C7H5N3O4S. The SMILES string of the molecule is CC1N=C2SC(=O)C=C2C(=O)N1[N+](=O)[O-]. The number of amides is 1. The third-order valence-corrected chi connectivity index (χ3v) is 2.80. The molecule has 15 heavy (non-hydrogen) atoms. The maximum Gasteiger partial charge on any atom is 0.319 e. The monoisotopic (exact) mass is 227 g/mol. The standard InChI is InChI=1S/C7H5N3O4S/c1-3-8-6-4(2-5(11)15-6)7(12)9(3)10(13)14/h2-3H,1H3. The highest BCUT2D eigenvalue weighted by atomic mass is 32.2. The van der Waals surface area contributed by atoms with Crippen molar-refractivity contribution in [1.29, 1.82) is 0 Å². The Morgan fingerprint density at radius 3 is 2.87 bits per heavy atom. The summed E-state index contributed by atoms with van der Waals surface area (Å²) in [6.45, 7) is 1.42. The van der Waals surface area contributed by atoms with E-state index < -0.39 is 17.1 Å². The molecular weight excluding hydrogens is 222 g/mol. The van der Waals surface area contributed by atoms with E-state index >= 15 is 0 Å². The van der Waals surface area contributed by atoms with Crippen LogP contribution in [0.4, 0.5) is 0 Å². The predicted octanol–water partition coefficient (Wildman–Crippen LogP) is -0.0354. The second kappa shape index (κ2) is 3.16. The van der Waals surface area contributed by atoms with Gasteiger partial charge in [0.1, 0.15) is 5.04 Å². The number of carbonyl (C=O) groups excluding carboxylic acids is 2. The zero-order chi connectivity index (χ0) is 11.2. The van der Waals surface area contributed by atoms with Crippen LogP contribution in [0.15, 0.2) is 16.6 Å². The van der Waals surface area contributed by atoms with Gasteiger partial charge in [-0.15, -0.1) is 0 Å². The molecule has 0 aliphatic carbocycles. The lowest BCUT2D eigenvalue weighted by Crippen LogP contribution is -2.46. The molecule has 0 saturated carbocycles. The van der Waals surface area contributed by atoms with Gasteiger partial charge in [-0.25, -0.2) is 15.1 Å². The van der Waals surface area contributed by atoms with Gasteiger partial charge < -0.3 is 0 Å². The van der Waals surface area contributed by atoms with Crippen molar-refractivity contribution < 1.29 is 14.6 Å². The summed E-state index contributed by atoms with van der Waals surface area (Å²) in [5, 5.41) is 10.1. The number of rotatable bonds is 1. The Balaban J connectivity index is 2.47. The summed E-state index contributed by atoms with van der Waals surface area (Å²) < 4.78 is 0. The topological polar surface area (TPSA) is 92.9 Å². The molecule has 0 saturated heterocycles. The van der Waals surface area contributed by atoms with E-state index in [2.05, 4.69) is 4.99 Å². The fourth-order valence-corrected chi connectivity index (χ4v) is 2.17. The number of nitro groups is 1. The highest BCUT2D eigenvalue weighted by Gasteiger charge is 2.42. The van der Waals surface area contributed by atoms with Gasteiger partial charge in [-0.2, -0.15) is 0 Å². The number of hydrazine groups is 1. The van der Waals surface area contributed by atoms with Gasteiger partial charge in [-0.1, -0.05) is 0 Å². The van der Waals surface area contributed by atoms with Gasteiger partial charge in [0.15, 0.2) is 11.2 Å². The third-order valence-electron chi connectivity index (χ3n) is 1.96. The lowest BCUT2D eigenvalue weighted by atomic mass is 10.2. The number of thioether (sulfide) groups is 1. The molecule has 0 spiro atoms. The Hall–Kier alpha value is -1.70. The average Bonchev–Trinajstić information content (AvgIpc) is 2.45. The van der Waals surface area contributed by atoms with Gasteiger partial charge >= 0.3 is 5.91 Å². The van der Waals surface area contributed by atoms with Crippen molar-refractivity contribution >= 4 is 27.8 Å². The van der Waals surface area contributed by atoms with Gasteiger partial charge in [0.2, 0.25) is 5.12 Å². The highest BCUT2D eigenvalue weighted by molar-refractivity contribution is 8.27. The zero-order valence-corrected chi connectivity index (χ0v) is 8.35. The number of carbonyl (C=O) groups is 2. The first-order valence-corrected chi connectivity index (χ1v) is 4.82. The van der Waals surface area contributed by atoms with Crippen LogP contribution in [-0.2, 0) is 9.59 Å². The van der Waals surface area contributed by atoms with Crippen LogP contribution in [0.1, 0.15) is 6.92 Å². The van der Waals surface area contributed by atoms with E-state index in [0.717, 1.165) is 17.8 Å². The van der Waals surface area contributed by atoms with Crippen molar-refractivity contribution in [2.24, 2.45) is 4.99 Å². The second-order valence-corrected chi connectivity index (χ2v) is 3.93. The molecule has 8 heteroatoms. The molecule has 78 valence electrons. The van der Waals surface area contributed by atoms with Crippen LogP contribution in [-0.4, -0.2) is 32.3 Å². The van der Waals surface area contributed by atoms with E-state index in [1.165, 1.54) is 6.92 Å². The molecule has 0 bridgehead atoms. The van der Waals surface area contributed by atoms with Crippen LogP contribution >= 0.6 is 11.8 Å². The summed E-state index contributed by atoms with van der Waals surface area (Å²) >= 11 is 0.819.